The van der Waals surface area contributed by atoms with Gasteiger partial charge in [0.05, 0.1) is 5.56 Å². The molecule has 0 aliphatic rings. The molecule has 0 fully saturated rings. The van der Waals surface area contributed by atoms with Crippen LogP contribution in [0, 0.1) is 13.8 Å². The van der Waals surface area contributed by atoms with E-state index in [-0.39, 0.29) is 18.0 Å². The molecule has 1 aromatic rings. The van der Waals surface area contributed by atoms with E-state index in [0.29, 0.717) is 5.56 Å². The molecule has 0 spiro atoms. The first kappa shape index (κ1) is 17.3. The lowest BCUT2D eigenvalue weighted by Gasteiger charge is -2.16. The van der Waals surface area contributed by atoms with Crippen LogP contribution in [0.15, 0.2) is 6.07 Å². The molecule has 5 nitrogen and oxygen atoms in total. The molecule has 1 amide bonds. The van der Waals surface area contributed by atoms with Crippen LogP contribution in [0.4, 0.5) is 0 Å². The predicted octanol–water partition coefficient (Wildman–Crippen LogP) is 2.76. The van der Waals surface area contributed by atoms with Crippen LogP contribution in [0.2, 0.25) is 0 Å². The van der Waals surface area contributed by atoms with Gasteiger partial charge in [0.25, 0.3) is 5.91 Å². The maximum absolute atomic E-state index is 12.2. The lowest BCUT2D eigenvalue weighted by Crippen LogP contribution is -2.39. The number of aromatic nitrogens is 1. The van der Waals surface area contributed by atoms with Gasteiger partial charge in [0.2, 0.25) is 0 Å². The monoisotopic (exact) mass is 294 g/mol. The second-order valence-corrected chi connectivity index (χ2v) is 5.96. The van der Waals surface area contributed by atoms with Crippen molar-refractivity contribution in [2.45, 2.75) is 66.7 Å². The summed E-state index contributed by atoms with van der Waals surface area (Å²) in [7, 11) is 0. The Balaban J connectivity index is 2.86. The summed E-state index contributed by atoms with van der Waals surface area (Å²) < 4.78 is 7.34. The summed E-state index contributed by atoms with van der Waals surface area (Å²) in [5.41, 5.74) is 2.39. The average Bonchev–Trinajstić information content (AvgIpc) is 2.63. The van der Waals surface area contributed by atoms with Crippen molar-refractivity contribution in [3.8, 4) is 0 Å². The SMILES string of the molecule is Cc1cc(C(=O)OC(C)C(=O)NC(C)C)c(C)n1C(C)C. The Hall–Kier alpha value is -1.78. The van der Waals surface area contributed by atoms with Crippen LogP contribution >= 0.6 is 0 Å². The van der Waals surface area contributed by atoms with Crippen LogP contribution in [0.1, 0.15) is 62.4 Å². The van der Waals surface area contributed by atoms with Gasteiger partial charge in [-0.25, -0.2) is 4.79 Å². The number of hydrogen-bond acceptors (Lipinski definition) is 3. The molecule has 0 saturated carbocycles. The number of carbonyl (C=O) groups excluding carboxylic acids is 2. The van der Waals surface area contributed by atoms with Crippen molar-refractivity contribution >= 4 is 11.9 Å². The van der Waals surface area contributed by atoms with Gasteiger partial charge in [-0.1, -0.05) is 0 Å². The molecule has 118 valence electrons. The van der Waals surface area contributed by atoms with E-state index >= 15 is 0 Å². The third-order valence-corrected chi connectivity index (χ3v) is 3.30. The summed E-state index contributed by atoms with van der Waals surface area (Å²) >= 11 is 0. The maximum atomic E-state index is 12.2. The number of rotatable bonds is 5. The highest BCUT2D eigenvalue weighted by Crippen LogP contribution is 2.21. The number of nitrogens with one attached hydrogen (secondary N) is 1. The first-order valence-corrected chi connectivity index (χ1v) is 7.34. The van der Waals surface area contributed by atoms with Gasteiger partial charge >= 0.3 is 5.97 Å². The van der Waals surface area contributed by atoms with Crippen molar-refractivity contribution in [1.82, 2.24) is 9.88 Å². The van der Waals surface area contributed by atoms with E-state index < -0.39 is 12.1 Å². The van der Waals surface area contributed by atoms with Gasteiger partial charge in [-0.15, -0.1) is 0 Å². The summed E-state index contributed by atoms with van der Waals surface area (Å²) in [4.78, 5) is 24.0. The number of amides is 1. The molecule has 1 N–H and O–H groups in total. The Morgan fingerprint density at radius 1 is 1.14 bits per heavy atom. The summed E-state index contributed by atoms with van der Waals surface area (Å²) in [5, 5.41) is 2.73. The van der Waals surface area contributed by atoms with E-state index in [0.717, 1.165) is 11.4 Å². The van der Waals surface area contributed by atoms with E-state index in [9.17, 15) is 9.59 Å². The van der Waals surface area contributed by atoms with Crippen molar-refractivity contribution in [3.05, 3.63) is 23.0 Å². The minimum Gasteiger partial charge on any atom is -0.449 e. The van der Waals surface area contributed by atoms with Crippen LogP contribution < -0.4 is 5.32 Å². The zero-order chi connectivity index (χ0) is 16.3. The van der Waals surface area contributed by atoms with Gasteiger partial charge in [0.1, 0.15) is 0 Å². The maximum Gasteiger partial charge on any atom is 0.340 e. The number of hydrogen-bond donors (Lipinski definition) is 1. The van der Waals surface area contributed by atoms with Gasteiger partial charge in [-0.2, -0.15) is 0 Å². The van der Waals surface area contributed by atoms with Crippen molar-refractivity contribution in [1.29, 1.82) is 0 Å². The van der Waals surface area contributed by atoms with Crippen molar-refractivity contribution in [3.63, 3.8) is 0 Å². The van der Waals surface area contributed by atoms with Crippen molar-refractivity contribution in [2.24, 2.45) is 0 Å². The molecule has 0 saturated heterocycles. The second kappa shape index (κ2) is 6.78. The predicted molar refractivity (Wildman–Crippen MR) is 82.4 cm³/mol. The second-order valence-electron chi connectivity index (χ2n) is 5.96. The third-order valence-electron chi connectivity index (χ3n) is 3.30. The molecule has 0 aliphatic carbocycles. The smallest absolute Gasteiger partial charge is 0.340 e. The first-order chi connectivity index (χ1) is 9.65. The number of aryl methyl sites for hydroxylation is 1. The molecule has 1 unspecified atom stereocenters. The van der Waals surface area contributed by atoms with Gasteiger partial charge in [-0.3, -0.25) is 4.79 Å². The zero-order valence-electron chi connectivity index (χ0n) is 14.0. The van der Waals surface area contributed by atoms with Gasteiger partial charge in [0.15, 0.2) is 6.10 Å². The quantitative estimate of drug-likeness (QED) is 0.849. The fourth-order valence-corrected chi connectivity index (χ4v) is 2.46. The Morgan fingerprint density at radius 2 is 1.71 bits per heavy atom. The third kappa shape index (κ3) is 4.09. The number of ether oxygens (including phenoxy) is 1. The molecule has 0 aromatic carbocycles. The number of esters is 1. The van der Waals surface area contributed by atoms with Gasteiger partial charge in [0, 0.05) is 23.5 Å². The minimum absolute atomic E-state index is 0.0182. The average molecular weight is 294 g/mol. The molecule has 1 rings (SSSR count). The molecule has 1 atom stereocenters. The summed E-state index contributed by atoms with van der Waals surface area (Å²) in [6.07, 6.45) is -0.804. The highest BCUT2D eigenvalue weighted by molar-refractivity contribution is 5.93. The highest BCUT2D eigenvalue weighted by atomic mass is 16.5. The van der Waals surface area contributed by atoms with Crippen molar-refractivity contribution < 1.29 is 14.3 Å². The van der Waals surface area contributed by atoms with Crippen LogP contribution in [-0.2, 0) is 9.53 Å². The fourth-order valence-electron chi connectivity index (χ4n) is 2.46. The van der Waals surface area contributed by atoms with E-state index in [1.165, 1.54) is 0 Å². The summed E-state index contributed by atoms with van der Waals surface area (Å²) in [6, 6.07) is 2.10. The molecule has 0 radical (unpaired) electrons. The number of carbonyl (C=O) groups is 2. The molecule has 1 aromatic heterocycles. The van der Waals surface area contributed by atoms with Crippen LogP contribution in [0.3, 0.4) is 0 Å². The normalized spacial score (nSPS) is 12.6. The zero-order valence-corrected chi connectivity index (χ0v) is 14.0. The number of nitrogens with zero attached hydrogens (tertiary/aromatic N) is 1. The van der Waals surface area contributed by atoms with Gasteiger partial charge < -0.3 is 14.6 Å². The Morgan fingerprint density at radius 3 is 2.14 bits per heavy atom. The molecular formula is C16H26N2O3. The Kier molecular flexibility index (Phi) is 5.58. The lowest BCUT2D eigenvalue weighted by molar-refractivity contribution is -0.129. The molecule has 21 heavy (non-hydrogen) atoms. The lowest BCUT2D eigenvalue weighted by atomic mass is 10.2. The van der Waals surface area contributed by atoms with E-state index in [1.54, 1.807) is 6.92 Å². The minimum atomic E-state index is -0.804. The molecular weight excluding hydrogens is 268 g/mol. The standard InChI is InChI=1S/C16H26N2O3/c1-9(2)17-15(19)13(7)21-16(20)14-8-11(5)18(10(3)4)12(14)6/h8-10,13H,1-7H3,(H,17,19). The van der Waals surface area contributed by atoms with Crippen LogP contribution in [0.5, 0.6) is 0 Å². The molecule has 0 bridgehead atoms. The van der Waals surface area contributed by atoms with E-state index in [1.807, 2.05) is 33.8 Å². The molecule has 1 heterocycles. The Labute approximate surface area is 126 Å². The fraction of sp³-hybridized carbons (Fsp3) is 0.625. The summed E-state index contributed by atoms with van der Waals surface area (Å²) in [5.74, 6) is -0.738. The largest absolute Gasteiger partial charge is 0.449 e. The van der Waals surface area contributed by atoms with Crippen LogP contribution in [-0.4, -0.2) is 28.6 Å². The summed E-state index contributed by atoms with van der Waals surface area (Å²) in [6.45, 7) is 13.3. The van der Waals surface area contributed by atoms with E-state index in [4.69, 9.17) is 4.74 Å². The van der Waals surface area contributed by atoms with Crippen LogP contribution in [0.25, 0.3) is 0 Å². The molecule has 5 heteroatoms. The van der Waals surface area contributed by atoms with E-state index in [2.05, 4.69) is 23.7 Å². The highest BCUT2D eigenvalue weighted by Gasteiger charge is 2.23. The molecule has 0 aliphatic heterocycles. The first-order valence-electron chi connectivity index (χ1n) is 7.34. The van der Waals surface area contributed by atoms with Gasteiger partial charge in [-0.05, 0) is 54.5 Å². The Bertz CT molecular complexity index is 530. The van der Waals surface area contributed by atoms with Crippen molar-refractivity contribution in [2.75, 3.05) is 0 Å². The topological polar surface area (TPSA) is 60.3 Å².